The first-order valence-corrected chi connectivity index (χ1v) is 10.6. The Morgan fingerprint density at radius 1 is 0.839 bits per heavy atom. The van der Waals surface area contributed by atoms with Crippen LogP contribution in [0, 0.1) is 6.92 Å². The minimum absolute atomic E-state index is 0.0505. The van der Waals surface area contributed by atoms with Crippen LogP contribution in [0.15, 0.2) is 31.0 Å². The molecule has 172 valence electrons. The maximum atomic E-state index is 10.9. The van der Waals surface area contributed by atoms with Crippen molar-refractivity contribution in [3.63, 3.8) is 0 Å². The van der Waals surface area contributed by atoms with Gasteiger partial charge < -0.3 is 0 Å². The van der Waals surface area contributed by atoms with Crippen molar-refractivity contribution in [1.82, 2.24) is 30.2 Å². The fourth-order valence-corrected chi connectivity index (χ4v) is 2.65. The lowest BCUT2D eigenvalue weighted by atomic mass is 9.88. The average Bonchev–Trinajstić information content (AvgIpc) is 3.35. The summed E-state index contributed by atoms with van der Waals surface area (Å²) in [6.45, 7) is 22.9. The van der Waals surface area contributed by atoms with E-state index in [1.807, 2.05) is 25.5 Å². The van der Waals surface area contributed by atoms with E-state index in [-0.39, 0.29) is 22.2 Å². The lowest BCUT2D eigenvalue weighted by Gasteiger charge is -2.16. The number of carbonyl (C=O) groups is 1. The van der Waals surface area contributed by atoms with Crippen LogP contribution in [0.3, 0.4) is 0 Å². The zero-order chi connectivity index (χ0) is 24.0. The number of rotatable bonds is 0. The molecule has 31 heavy (non-hydrogen) atoms. The van der Waals surface area contributed by atoms with Crippen LogP contribution >= 0.6 is 0 Å². The highest BCUT2D eigenvalue weighted by molar-refractivity contribution is 5.75. The Balaban J connectivity index is 0.000000235. The smallest absolute Gasteiger partial charge is 0.243 e. The Morgan fingerprint density at radius 3 is 1.65 bits per heavy atom. The molecule has 3 rings (SSSR count). The topological polar surface area (TPSA) is 92.2 Å². The second-order valence-corrected chi connectivity index (χ2v) is 10.8. The number of hydrogen-bond acceptors (Lipinski definition) is 4. The van der Waals surface area contributed by atoms with Crippen molar-refractivity contribution >= 4 is 5.91 Å². The monoisotopic (exact) mass is 428 g/mol. The quantitative estimate of drug-likeness (QED) is 0.490. The highest BCUT2D eigenvalue weighted by Gasteiger charge is 2.17. The normalized spacial score (nSPS) is 11.8. The van der Waals surface area contributed by atoms with Crippen LogP contribution < -0.4 is 0 Å². The maximum Gasteiger partial charge on any atom is 0.243 e. The van der Waals surface area contributed by atoms with Crippen LogP contribution in [-0.4, -0.2) is 36.1 Å². The van der Waals surface area contributed by atoms with Gasteiger partial charge in [-0.2, -0.15) is 15.3 Å². The van der Waals surface area contributed by atoms with Crippen molar-refractivity contribution in [2.24, 2.45) is 0 Å². The summed E-state index contributed by atoms with van der Waals surface area (Å²) in [6.07, 6.45) is 9.21. The van der Waals surface area contributed by atoms with Crippen molar-refractivity contribution in [3.05, 3.63) is 53.4 Å². The first kappa shape index (κ1) is 26.3. The molecular formula is C24H40N6O. The van der Waals surface area contributed by atoms with E-state index < -0.39 is 0 Å². The molecule has 7 heteroatoms. The van der Waals surface area contributed by atoms with Gasteiger partial charge in [-0.1, -0.05) is 62.3 Å². The van der Waals surface area contributed by atoms with Gasteiger partial charge in [-0.05, 0) is 39.9 Å². The van der Waals surface area contributed by atoms with E-state index >= 15 is 0 Å². The minimum Gasteiger partial charge on any atom is -0.285 e. The molecule has 0 aromatic carbocycles. The molecule has 3 aromatic heterocycles. The Labute approximate surface area is 187 Å². The van der Waals surface area contributed by atoms with Crippen molar-refractivity contribution in [3.8, 4) is 0 Å². The molecule has 0 spiro atoms. The van der Waals surface area contributed by atoms with E-state index in [9.17, 15) is 4.79 Å². The molecule has 3 aromatic rings. The lowest BCUT2D eigenvalue weighted by Crippen LogP contribution is -2.11. The van der Waals surface area contributed by atoms with E-state index in [0.29, 0.717) is 0 Å². The van der Waals surface area contributed by atoms with Crippen LogP contribution in [0.25, 0.3) is 0 Å². The predicted octanol–water partition coefficient (Wildman–Crippen LogP) is 5.56. The molecule has 0 bridgehead atoms. The molecule has 3 heterocycles. The van der Waals surface area contributed by atoms with Gasteiger partial charge >= 0.3 is 0 Å². The van der Waals surface area contributed by atoms with Crippen molar-refractivity contribution in [1.29, 1.82) is 0 Å². The van der Waals surface area contributed by atoms with E-state index in [0.717, 1.165) is 5.56 Å². The minimum atomic E-state index is -0.0505. The number of aromatic amines is 2. The summed E-state index contributed by atoms with van der Waals surface area (Å²) in [5.74, 6) is -0.0505. The zero-order valence-electron chi connectivity index (χ0n) is 21.1. The fourth-order valence-electron chi connectivity index (χ4n) is 2.65. The number of carbonyl (C=O) groups excluding carboxylic acids is 1. The Kier molecular flexibility index (Phi) is 8.56. The molecule has 0 amide bonds. The van der Waals surface area contributed by atoms with Gasteiger partial charge in [0.15, 0.2) is 0 Å². The van der Waals surface area contributed by atoms with Crippen molar-refractivity contribution in [2.45, 2.75) is 92.4 Å². The Bertz CT molecular complexity index is 928. The molecule has 0 aliphatic carbocycles. The van der Waals surface area contributed by atoms with E-state index in [1.165, 1.54) is 28.4 Å². The number of nitrogens with one attached hydrogen (secondary N) is 2. The van der Waals surface area contributed by atoms with Gasteiger partial charge in [0.1, 0.15) is 0 Å². The van der Waals surface area contributed by atoms with Gasteiger partial charge in [-0.3, -0.25) is 15.0 Å². The first-order valence-electron chi connectivity index (χ1n) is 10.6. The third-order valence-corrected chi connectivity index (χ3v) is 4.77. The van der Waals surface area contributed by atoms with Gasteiger partial charge in [-0.15, -0.1) is 0 Å². The standard InChI is InChI=1S/C9H14N2O.C8H14N2.C7H12N2/c1-7(12)11-6-8(5-10-11)9(2,3)4;1-6-7(5-9-10-6)8(2,3)4;1-7(2,3)6-4-8-9-5-6/h5-6H,1-4H3;5H,1-4H3,(H,9,10);4-5H,1-3H3,(H,8,9). The summed E-state index contributed by atoms with van der Waals surface area (Å²) in [7, 11) is 0. The fraction of sp³-hybridized carbons (Fsp3) is 0.583. The summed E-state index contributed by atoms with van der Waals surface area (Å²) in [5.41, 5.74) is 5.32. The predicted molar refractivity (Wildman–Crippen MR) is 127 cm³/mol. The third-order valence-electron chi connectivity index (χ3n) is 4.77. The lowest BCUT2D eigenvalue weighted by molar-refractivity contribution is 0.0921. The summed E-state index contributed by atoms with van der Waals surface area (Å²) in [4.78, 5) is 10.9. The molecule has 0 aliphatic heterocycles. The molecule has 0 atom stereocenters. The average molecular weight is 429 g/mol. The third kappa shape index (κ3) is 8.52. The van der Waals surface area contributed by atoms with Crippen LogP contribution in [0.5, 0.6) is 0 Å². The molecule has 0 fully saturated rings. The van der Waals surface area contributed by atoms with Gasteiger partial charge in [-0.25, -0.2) is 4.68 Å². The van der Waals surface area contributed by atoms with Crippen LogP contribution in [0.1, 0.15) is 96.4 Å². The van der Waals surface area contributed by atoms with Crippen molar-refractivity contribution < 1.29 is 4.79 Å². The number of aromatic nitrogens is 6. The van der Waals surface area contributed by atoms with Gasteiger partial charge in [0.2, 0.25) is 5.91 Å². The molecule has 0 unspecified atom stereocenters. The van der Waals surface area contributed by atoms with E-state index in [1.54, 1.807) is 12.4 Å². The highest BCUT2D eigenvalue weighted by atomic mass is 16.2. The van der Waals surface area contributed by atoms with Gasteiger partial charge in [0, 0.05) is 25.0 Å². The van der Waals surface area contributed by atoms with E-state index in [4.69, 9.17) is 0 Å². The highest BCUT2D eigenvalue weighted by Crippen LogP contribution is 2.23. The Morgan fingerprint density at radius 2 is 1.42 bits per heavy atom. The number of H-pyrrole nitrogens is 2. The second-order valence-electron chi connectivity index (χ2n) is 10.8. The van der Waals surface area contributed by atoms with Crippen LogP contribution in [0.4, 0.5) is 0 Å². The molecule has 2 N–H and O–H groups in total. The molecule has 0 radical (unpaired) electrons. The summed E-state index contributed by atoms with van der Waals surface area (Å²) in [5, 5.41) is 17.5. The zero-order valence-corrected chi connectivity index (χ0v) is 21.1. The number of hydrogen-bond donors (Lipinski definition) is 2. The SMILES string of the molecule is CC(=O)n1cc(C(C)(C)C)cn1.CC(C)(C)c1cn[nH]c1.Cc1[nH]ncc1C(C)(C)C. The van der Waals surface area contributed by atoms with Gasteiger partial charge in [0.05, 0.1) is 18.6 Å². The largest absolute Gasteiger partial charge is 0.285 e. The van der Waals surface area contributed by atoms with Crippen molar-refractivity contribution in [2.75, 3.05) is 0 Å². The first-order chi connectivity index (χ1) is 14.0. The molecular weight excluding hydrogens is 388 g/mol. The second kappa shape index (κ2) is 10.1. The molecule has 0 saturated heterocycles. The summed E-state index contributed by atoms with van der Waals surface area (Å²) >= 11 is 0. The number of nitrogens with zero attached hydrogens (tertiary/aromatic N) is 4. The Hall–Kier alpha value is -2.70. The molecule has 0 aliphatic rings. The van der Waals surface area contributed by atoms with Crippen LogP contribution in [0.2, 0.25) is 0 Å². The number of aryl methyl sites for hydroxylation is 1. The van der Waals surface area contributed by atoms with E-state index in [2.05, 4.69) is 87.8 Å². The summed E-state index contributed by atoms with van der Waals surface area (Å²) < 4.78 is 1.36. The molecule has 7 nitrogen and oxygen atoms in total. The maximum absolute atomic E-state index is 10.9. The summed E-state index contributed by atoms with van der Waals surface area (Å²) in [6, 6.07) is 0. The van der Waals surface area contributed by atoms with Crippen LogP contribution in [-0.2, 0) is 16.2 Å². The molecule has 0 saturated carbocycles. The van der Waals surface area contributed by atoms with Gasteiger partial charge in [0.25, 0.3) is 0 Å².